The van der Waals surface area contributed by atoms with Crippen molar-refractivity contribution < 1.29 is 22.7 Å². The Morgan fingerprint density at radius 3 is 2.74 bits per heavy atom. The Morgan fingerprint density at radius 2 is 2.21 bits per heavy atom. The lowest BCUT2D eigenvalue weighted by Gasteiger charge is -2.09. The Kier molecular flexibility index (Phi) is 4.19. The monoisotopic (exact) mass is 273 g/mol. The highest BCUT2D eigenvalue weighted by Crippen LogP contribution is 2.28. The van der Waals surface area contributed by atoms with Gasteiger partial charge in [0.05, 0.1) is 11.7 Å². The normalized spacial score (nSPS) is 19.6. The lowest BCUT2D eigenvalue weighted by molar-refractivity contribution is -0.137. The molecule has 0 bridgehead atoms. The smallest absolute Gasteiger partial charge is 0.378 e. The van der Waals surface area contributed by atoms with Crippen molar-refractivity contribution in [3.05, 3.63) is 29.6 Å². The lowest BCUT2D eigenvalue weighted by Crippen LogP contribution is -2.11. The van der Waals surface area contributed by atoms with E-state index in [1.54, 1.807) is 0 Å². The van der Waals surface area contributed by atoms with E-state index in [2.05, 4.69) is 4.98 Å². The summed E-state index contributed by atoms with van der Waals surface area (Å²) in [6.45, 7) is 0.720. The van der Waals surface area contributed by atoms with Crippen molar-refractivity contribution >= 4 is 5.78 Å². The molecule has 0 aliphatic carbocycles. The summed E-state index contributed by atoms with van der Waals surface area (Å²) in [5, 5.41) is 0. The van der Waals surface area contributed by atoms with Crippen LogP contribution in [0, 0.1) is 0 Å². The zero-order valence-electron chi connectivity index (χ0n) is 10.2. The van der Waals surface area contributed by atoms with Crippen molar-refractivity contribution in [2.24, 2.45) is 0 Å². The number of alkyl halides is 3. The predicted molar refractivity (Wildman–Crippen MR) is 61.8 cm³/mol. The summed E-state index contributed by atoms with van der Waals surface area (Å²) >= 11 is 0. The van der Waals surface area contributed by atoms with Gasteiger partial charge in [-0.1, -0.05) is 0 Å². The molecule has 0 radical (unpaired) electrons. The number of aromatic nitrogens is 1. The average Bonchev–Trinajstić information content (AvgIpc) is 2.88. The van der Waals surface area contributed by atoms with Gasteiger partial charge < -0.3 is 4.74 Å². The summed E-state index contributed by atoms with van der Waals surface area (Å²) in [5.74, 6) is -0.246. The minimum absolute atomic E-state index is 0.0750. The highest BCUT2D eigenvalue weighted by Gasteiger charge is 2.30. The summed E-state index contributed by atoms with van der Waals surface area (Å²) in [6, 6.07) is 2.01. The van der Waals surface area contributed by atoms with Gasteiger partial charge in [0.25, 0.3) is 0 Å². The van der Waals surface area contributed by atoms with Crippen LogP contribution in [0.25, 0.3) is 0 Å². The van der Waals surface area contributed by atoms with Gasteiger partial charge in [-0.2, -0.15) is 13.2 Å². The van der Waals surface area contributed by atoms with Crippen molar-refractivity contribution in [3.63, 3.8) is 0 Å². The molecule has 1 saturated heterocycles. The Bertz CT molecular complexity index is 436. The fourth-order valence-electron chi connectivity index (χ4n) is 2.02. The largest absolute Gasteiger partial charge is 0.417 e. The number of Topliss-reactive ketones (excluding diaryl/α,β-unsaturated/α-hetero) is 1. The standard InChI is InChI=1S/C13H14F3NO2/c14-13(15,16)9-3-5-11(17-8-9)12(18)6-4-10-2-1-7-19-10/h3,5,8,10H,1-2,4,6-7H2. The van der Waals surface area contributed by atoms with Gasteiger partial charge in [0.2, 0.25) is 0 Å². The molecule has 3 nitrogen and oxygen atoms in total. The van der Waals surface area contributed by atoms with Crippen molar-refractivity contribution in [1.29, 1.82) is 0 Å². The maximum Gasteiger partial charge on any atom is 0.417 e. The van der Waals surface area contributed by atoms with Crippen LogP contribution in [0.1, 0.15) is 41.7 Å². The number of carbonyl (C=O) groups is 1. The van der Waals surface area contributed by atoms with Crippen LogP contribution in [-0.2, 0) is 10.9 Å². The van der Waals surface area contributed by atoms with Gasteiger partial charge in [0, 0.05) is 19.2 Å². The van der Waals surface area contributed by atoms with Crippen LogP contribution < -0.4 is 0 Å². The first-order chi connectivity index (χ1) is 8.97. The van der Waals surface area contributed by atoms with E-state index in [1.807, 2.05) is 0 Å². The van der Waals surface area contributed by atoms with Crippen LogP contribution in [-0.4, -0.2) is 23.5 Å². The number of hydrogen-bond acceptors (Lipinski definition) is 3. The van der Waals surface area contributed by atoms with Gasteiger partial charge >= 0.3 is 6.18 Å². The van der Waals surface area contributed by atoms with Gasteiger partial charge in [-0.05, 0) is 31.4 Å². The van der Waals surface area contributed by atoms with E-state index < -0.39 is 11.7 Å². The van der Waals surface area contributed by atoms with E-state index in [0.29, 0.717) is 12.6 Å². The molecule has 0 aromatic carbocycles. The molecule has 1 aromatic heterocycles. The average molecular weight is 273 g/mol. The summed E-state index contributed by atoms with van der Waals surface area (Å²) in [7, 11) is 0. The molecular formula is C13H14F3NO2. The van der Waals surface area contributed by atoms with E-state index in [0.717, 1.165) is 31.6 Å². The van der Waals surface area contributed by atoms with Crippen LogP contribution in [0.2, 0.25) is 0 Å². The molecule has 1 atom stereocenters. The number of hydrogen-bond donors (Lipinski definition) is 0. The van der Waals surface area contributed by atoms with Crippen LogP contribution in [0.4, 0.5) is 13.2 Å². The Labute approximate surface area is 108 Å². The lowest BCUT2D eigenvalue weighted by atomic mass is 10.1. The summed E-state index contributed by atoms with van der Waals surface area (Å²) in [6.07, 6.45) is -0.847. The molecule has 0 N–H and O–H groups in total. The van der Waals surface area contributed by atoms with Gasteiger partial charge in [-0.25, -0.2) is 0 Å². The SMILES string of the molecule is O=C(CCC1CCCO1)c1ccc(C(F)(F)F)cn1. The quantitative estimate of drug-likeness (QED) is 0.790. The van der Waals surface area contributed by atoms with Gasteiger partial charge in [-0.3, -0.25) is 9.78 Å². The van der Waals surface area contributed by atoms with Crippen molar-refractivity contribution in [2.75, 3.05) is 6.61 Å². The predicted octanol–water partition coefficient (Wildman–Crippen LogP) is 3.24. The van der Waals surface area contributed by atoms with Crippen molar-refractivity contribution in [2.45, 2.75) is 38.0 Å². The molecule has 2 heterocycles. The minimum Gasteiger partial charge on any atom is -0.378 e. The molecular weight excluding hydrogens is 259 g/mol. The van der Waals surface area contributed by atoms with E-state index in [9.17, 15) is 18.0 Å². The summed E-state index contributed by atoms with van der Waals surface area (Å²) < 4.78 is 42.4. The second-order valence-corrected chi connectivity index (χ2v) is 4.53. The van der Waals surface area contributed by atoms with Crippen LogP contribution in [0.5, 0.6) is 0 Å². The third kappa shape index (κ3) is 3.76. The maximum atomic E-state index is 12.3. The molecule has 6 heteroatoms. The third-order valence-corrected chi connectivity index (χ3v) is 3.09. The fourth-order valence-corrected chi connectivity index (χ4v) is 2.02. The van der Waals surface area contributed by atoms with E-state index in [1.165, 1.54) is 0 Å². The topological polar surface area (TPSA) is 39.2 Å². The Morgan fingerprint density at radius 1 is 1.42 bits per heavy atom. The van der Waals surface area contributed by atoms with Crippen molar-refractivity contribution in [1.82, 2.24) is 4.98 Å². The zero-order valence-corrected chi connectivity index (χ0v) is 10.2. The number of ether oxygens (including phenoxy) is 1. The highest BCUT2D eigenvalue weighted by molar-refractivity contribution is 5.94. The molecule has 2 rings (SSSR count). The summed E-state index contributed by atoms with van der Waals surface area (Å²) in [4.78, 5) is 15.3. The van der Waals surface area contributed by atoms with Gasteiger partial charge in [0.1, 0.15) is 5.69 Å². The van der Waals surface area contributed by atoms with Crippen molar-refractivity contribution in [3.8, 4) is 0 Å². The van der Waals surface area contributed by atoms with Crippen LogP contribution >= 0.6 is 0 Å². The highest BCUT2D eigenvalue weighted by atomic mass is 19.4. The van der Waals surface area contributed by atoms with Crippen LogP contribution in [0.3, 0.4) is 0 Å². The minimum atomic E-state index is -4.42. The Hall–Kier alpha value is -1.43. The number of pyridine rings is 1. The molecule has 1 aromatic rings. The fraction of sp³-hybridized carbons (Fsp3) is 0.538. The third-order valence-electron chi connectivity index (χ3n) is 3.09. The van der Waals surface area contributed by atoms with E-state index >= 15 is 0 Å². The number of carbonyl (C=O) groups excluding carboxylic acids is 1. The molecule has 0 spiro atoms. The molecule has 0 amide bonds. The number of ketones is 1. The first-order valence-corrected chi connectivity index (χ1v) is 6.15. The van der Waals surface area contributed by atoms with E-state index in [-0.39, 0.29) is 24.0 Å². The first kappa shape index (κ1) is 14.0. The van der Waals surface area contributed by atoms with Gasteiger partial charge in [-0.15, -0.1) is 0 Å². The molecule has 104 valence electrons. The maximum absolute atomic E-state index is 12.3. The Balaban J connectivity index is 1.92. The van der Waals surface area contributed by atoms with Gasteiger partial charge in [0.15, 0.2) is 5.78 Å². The molecule has 1 aliphatic rings. The van der Waals surface area contributed by atoms with Crippen LogP contribution in [0.15, 0.2) is 18.3 Å². The molecule has 0 saturated carbocycles. The molecule has 1 aliphatic heterocycles. The zero-order chi connectivity index (χ0) is 13.9. The second-order valence-electron chi connectivity index (χ2n) is 4.53. The number of nitrogens with zero attached hydrogens (tertiary/aromatic N) is 1. The first-order valence-electron chi connectivity index (χ1n) is 6.15. The van der Waals surface area contributed by atoms with E-state index in [4.69, 9.17) is 4.74 Å². The molecule has 1 fully saturated rings. The number of rotatable bonds is 4. The second kappa shape index (κ2) is 5.69. The molecule has 19 heavy (non-hydrogen) atoms. The summed E-state index contributed by atoms with van der Waals surface area (Å²) in [5.41, 5.74) is -0.769. The number of halogens is 3. The molecule has 1 unspecified atom stereocenters.